The number of halogens is 4. The first-order valence-electron chi connectivity index (χ1n) is 4.28. The summed E-state index contributed by atoms with van der Waals surface area (Å²) in [6.45, 7) is -0.404. The van der Waals surface area contributed by atoms with Crippen LogP contribution in [0.25, 0.3) is 0 Å². The molecule has 0 saturated heterocycles. The minimum atomic E-state index is -4.54. The van der Waals surface area contributed by atoms with Crippen LogP contribution in [0.15, 0.2) is 18.2 Å². The van der Waals surface area contributed by atoms with E-state index in [1.54, 1.807) is 0 Å². The fraction of sp³-hybridized carbons (Fsp3) is 0.333. The molecule has 0 unspecified atom stereocenters. The molecular weight excluding hydrogens is 247 g/mol. The van der Waals surface area contributed by atoms with Crippen LogP contribution in [0.4, 0.5) is 13.2 Å². The van der Waals surface area contributed by atoms with E-state index in [0.29, 0.717) is 0 Å². The van der Waals surface area contributed by atoms with Crippen molar-refractivity contribution in [2.24, 2.45) is 0 Å². The topological polar surface area (TPSA) is 43.1 Å². The van der Waals surface area contributed by atoms with Crippen molar-refractivity contribution in [3.8, 4) is 0 Å². The van der Waals surface area contributed by atoms with Gasteiger partial charge in [-0.3, -0.25) is 10.1 Å². The second-order valence-corrected chi connectivity index (χ2v) is 3.53. The zero-order chi connectivity index (χ0) is 12.3. The number of benzene rings is 1. The van der Waals surface area contributed by atoms with Gasteiger partial charge in [-0.15, -0.1) is 0 Å². The molecule has 0 N–H and O–H groups in total. The second kappa shape index (κ2) is 4.69. The van der Waals surface area contributed by atoms with E-state index in [1.807, 2.05) is 0 Å². The van der Waals surface area contributed by atoms with Gasteiger partial charge in [0.2, 0.25) is 6.54 Å². The Morgan fingerprint density at radius 2 is 2.00 bits per heavy atom. The van der Waals surface area contributed by atoms with Crippen molar-refractivity contribution in [2.45, 2.75) is 12.6 Å². The summed E-state index contributed by atoms with van der Waals surface area (Å²) in [5.41, 5.74) is -0.719. The minimum Gasteiger partial charge on any atom is -0.265 e. The molecule has 88 valence electrons. The monoisotopic (exact) mass is 253 g/mol. The minimum absolute atomic E-state index is 0.0484. The molecule has 7 heteroatoms. The molecule has 16 heavy (non-hydrogen) atoms. The van der Waals surface area contributed by atoms with E-state index in [4.69, 9.17) is 11.6 Å². The lowest BCUT2D eigenvalue weighted by Gasteiger charge is -2.10. The van der Waals surface area contributed by atoms with Crippen molar-refractivity contribution in [1.82, 2.24) is 0 Å². The number of hydrogen-bond donors (Lipinski definition) is 0. The Bertz CT molecular complexity index is 406. The predicted molar refractivity (Wildman–Crippen MR) is 52.0 cm³/mol. The lowest BCUT2D eigenvalue weighted by molar-refractivity contribution is -0.479. The van der Waals surface area contributed by atoms with Gasteiger partial charge in [0, 0.05) is 11.3 Å². The van der Waals surface area contributed by atoms with Gasteiger partial charge in [0.15, 0.2) is 0 Å². The van der Waals surface area contributed by atoms with Crippen LogP contribution >= 0.6 is 11.6 Å². The summed E-state index contributed by atoms with van der Waals surface area (Å²) in [7, 11) is 0. The van der Waals surface area contributed by atoms with Gasteiger partial charge in [-0.25, -0.2) is 0 Å². The van der Waals surface area contributed by atoms with Gasteiger partial charge in [0.1, 0.15) is 0 Å². The zero-order valence-corrected chi connectivity index (χ0v) is 8.68. The highest BCUT2D eigenvalue weighted by Crippen LogP contribution is 2.35. The molecule has 0 aliphatic rings. The van der Waals surface area contributed by atoms with Crippen LogP contribution < -0.4 is 0 Å². The largest absolute Gasteiger partial charge is 0.417 e. The summed E-state index contributed by atoms with van der Waals surface area (Å²) < 4.78 is 37.2. The Labute approximate surface area is 94.0 Å². The first-order valence-corrected chi connectivity index (χ1v) is 4.66. The molecular formula is C9H7ClF3NO2. The average Bonchev–Trinajstić information content (AvgIpc) is 2.14. The molecule has 0 atom stereocenters. The maximum absolute atomic E-state index is 12.4. The molecule has 0 aliphatic carbocycles. The van der Waals surface area contributed by atoms with E-state index < -0.39 is 28.2 Å². The average molecular weight is 254 g/mol. The quantitative estimate of drug-likeness (QED) is 0.613. The molecule has 3 nitrogen and oxygen atoms in total. The number of nitrogens with zero attached hydrogens (tertiary/aromatic N) is 1. The molecule has 0 saturated carbocycles. The van der Waals surface area contributed by atoms with Gasteiger partial charge < -0.3 is 0 Å². The lowest BCUT2D eigenvalue weighted by Crippen LogP contribution is -2.08. The molecule has 0 aromatic heterocycles. The van der Waals surface area contributed by atoms with Crippen LogP contribution in [0.2, 0.25) is 5.02 Å². The van der Waals surface area contributed by atoms with Gasteiger partial charge >= 0.3 is 6.18 Å². The maximum Gasteiger partial charge on any atom is 0.417 e. The standard InChI is InChI=1S/C9H7ClF3NO2/c10-8-2-1-6(3-4-14(15)16)5-7(8)9(11,12)13/h1-2,5H,3-4H2. The number of alkyl halides is 3. The van der Waals surface area contributed by atoms with Gasteiger partial charge in [0.25, 0.3) is 0 Å². The summed E-state index contributed by atoms with van der Waals surface area (Å²) in [5, 5.41) is 9.67. The van der Waals surface area contributed by atoms with Gasteiger partial charge in [0.05, 0.1) is 10.6 Å². The van der Waals surface area contributed by atoms with E-state index >= 15 is 0 Å². The molecule has 0 aliphatic heterocycles. The third-order valence-corrected chi connectivity index (χ3v) is 2.25. The molecule has 0 heterocycles. The lowest BCUT2D eigenvalue weighted by atomic mass is 10.1. The highest BCUT2D eigenvalue weighted by molar-refractivity contribution is 6.31. The molecule has 1 rings (SSSR count). The smallest absolute Gasteiger partial charge is 0.265 e. The van der Waals surface area contributed by atoms with E-state index in [0.717, 1.165) is 12.1 Å². The predicted octanol–water partition coefficient (Wildman–Crippen LogP) is 3.18. The zero-order valence-electron chi connectivity index (χ0n) is 7.92. The fourth-order valence-corrected chi connectivity index (χ4v) is 1.39. The van der Waals surface area contributed by atoms with Gasteiger partial charge in [-0.2, -0.15) is 13.2 Å². The maximum atomic E-state index is 12.4. The van der Waals surface area contributed by atoms with Crippen molar-refractivity contribution in [1.29, 1.82) is 0 Å². The van der Waals surface area contributed by atoms with Crippen molar-refractivity contribution in [3.63, 3.8) is 0 Å². The second-order valence-electron chi connectivity index (χ2n) is 3.12. The third kappa shape index (κ3) is 3.37. The summed E-state index contributed by atoms with van der Waals surface area (Å²) >= 11 is 5.39. The van der Waals surface area contributed by atoms with E-state index in [2.05, 4.69) is 0 Å². The van der Waals surface area contributed by atoms with Crippen molar-refractivity contribution in [2.75, 3.05) is 6.54 Å². The number of hydrogen-bond acceptors (Lipinski definition) is 2. The van der Waals surface area contributed by atoms with Gasteiger partial charge in [-0.05, 0) is 17.7 Å². The normalized spacial score (nSPS) is 11.5. The fourth-order valence-electron chi connectivity index (χ4n) is 1.17. The van der Waals surface area contributed by atoms with Crippen LogP contribution in [0.1, 0.15) is 11.1 Å². The Morgan fingerprint density at radius 3 is 2.50 bits per heavy atom. The summed E-state index contributed by atoms with van der Waals surface area (Å²) in [6, 6.07) is 3.28. The summed E-state index contributed by atoms with van der Waals surface area (Å²) in [5.74, 6) is 0. The Kier molecular flexibility index (Phi) is 3.74. The van der Waals surface area contributed by atoms with Crippen LogP contribution in [0.5, 0.6) is 0 Å². The SMILES string of the molecule is O=[N+]([O-])CCc1ccc(Cl)c(C(F)(F)F)c1. The van der Waals surface area contributed by atoms with Crippen molar-refractivity contribution < 1.29 is 18.1 Å². The van der Waals surface area contributed by atoms with Crippen molar-refractivity contribution in [3.05, 3.63) is 44.5 Å². The number of nitro groups is 1. The highest BCUT2D eigenvalue weighted by Gasteiger charge is 2.33. The molecule has 0 amide bonds. The van der Waals surface area contributed by atoms with Gasteiger partial charge in [-0.1, -0.05) is 17.7 Å². The first-order chi connectivity index (χ1) is 7.30. The van der Waals surface area contributed by atoms with Crippen LogP contribution in [-0.2, 0) is 12.6 Å². The van der Waals surface area contributed by atoms with Crippen molar-refractivity contribution >= 4 is 11.6 Å². The Balaban J connectivity index is 2.94. The molecule has 0 bridgehead atoms. The molecule has 1 aromatic rings. The van der Waals surface area contributed by atoms with E-state index in [9.17, 15) is 23.3 Å². The van der Waals surface area contributed by atoms with Crippen LogP contribution in [0.3, 0.4) is 0 Å². The summed E-state index contributed by atoms with van der Waals surface area (Å²) in [6.07, 6.45) is -4.59. The molecule has 1 aromatic carbocycles. The molecule has 0 fully saturated rings. The summed E-state index contributed by atoms with van der Waals surface area (Å²) in [4.78, 5) is 9.50. The molecule has 0 spiro atoms. The number of rotatable bonds is 3. The van der Waals surface area contributed by atoms with Crippen LogP contribution in [-0.4, -0.2) is 11.5 Å². The van der Waals surface area contributed by atoms with E-state index in [-0.39, 0.29) is 12.0 Å². The van der Waals surface area contributed by atoms with E-state index in [1.165, 1.54) is 6.07 Å². The first kappa shape index (κ1) is 12.8. The third-order valence-electron chi connectivity index (χ3n) is 1.92. The Morgan fingerprint density at radius 1 is 1.38 bits per heavy atom. The Hall–Kier alpha value is -1.30. The highest BCUT2D eigenvalue weighted by atomic mass is 35.5. The molecule has 0 radical (unpaired) electrons. The van der Waals surface area contributed by atoms with Crippen LogP contribution in [0, 0.1) is 10.1 Å².